The zero-order chi connectivity index (χ0) is 15.9. The Kier molecular flexibility index (Phi) is 3.82. The molecule has 2 rings (SSSR count). The average Bonchev–Trinajstić information content (AvgIpc) is 2.42. The van der Waals surface area contributed by atoms with Crippen LogP contribution in [0.4, 0.5) is 0 Å². The third-order valence-electron chi connectivity index (χ3n) is 3.72. The van der Waals surface area contributed by atoms with E-state index in [1.54, 1.807) is 0 Å². The number of hydrogen-bond donors (Lipinski definition) is 2. The fraction of sp³-hybridized carbons (Fsp3) is 0.400. The van der Waals surface area contributed by atoms with Crippen LogP contribution in [-0.4, -0.2) is 40.8 Å². The third-order valence-corrected chi connectivity index (χ3v) is 3.72. The van der Waals surface area contributed by atoms with E-state index in [9.17, 15) is 24.6 Å². The molecule has 2 N–H and O–H groups in total. The number of phenolic OH excluding ortho intramolecular Hbond substituents is 2. The van der Waals surface area contributed by atoms with Gasteiger partial charge in [-0.15, -0.1) is 0 Å². The first-order valence-electron chi connectivity index (χ1n) is 6.46. The van der Waals surface area contributed by atoms with Crippen LogP contribution in [0.1, 0.15) is 45.2 Å². The summed E-state index contributed by atoms with van der Waals surface area (Å²) in [5.41, 5.74) is -0.0387. The van der Waals surface area contributed by atoms with E-state index in [0.29, 0.717) is 0 Å². The first-order chi connectivity index (χ1) is 9.79. The molecule has 0 spiro atoms. The first-order valence-corrected chi connectivity index (χ1v) is 6.46. The van der Waals surface area contributed by atoms with Gasteiger partial charge in [0.2, 0.25) is 0 Å². The van der Waals surface area contributed by atoms with Crippen molar-refractivity contribution in [2.45, 2.75) is 32.8 Å². The smallest absolute Gasteiger partial charge is 0.196 e. The lowest BCUT2D eigenvalue weighted by molar-refractivity contribution is -0.116. The van der Waals surface area contributed by atoms with E-state index in [2.05, 4.69) is 0 Å². The molecule has 21 heavy (non-hydrogen) atoms. The van der Waals surface area contributed by atoms with Crippen LogP contribution >= 0.6 is 0 Å². The highest BCUT2D eigenvalue weighted by molar-refractivity contribution is 6.19. The molecule has 1 aliphatic carbocycles. The fourth-order valence-electron chi connectivity index (χ4n) is 2.59. The van der Waals surface area contributed by atoms with Gasteiger partial charge < -0.3 is 14.9 Å². The maximum atomic E-state index is 12.3. The van der Waals surface area contributed by atoms with E-state index in [-0.39, 0.29) is 46.6 Å². The molecule has 0 radical (unpaired) electrons. The second kappa shape index (κ2) is 5.29. The van der Waals surface area contributed by atoms with Gasteiger partial charge in [0.25, 0.3) is 0 Å². The van der Waals surface area contributed by atoms with Gasteiger partial charge in [-0.25, -0.2) is 0 Å². The number of carbonyl (C=O) groups excluding carboxylic acids is 3. The maximum absolute atomic E-state index is 12.3. The zero-order valence-electron chi connectivity index (χ0n) is 12.0. The minimum absolute atomic E-state index is 0.127. The summed E-state index contributed by atoms with van der Waals surface area (Å²) in [6, 6.07) is 0. The molecule has 1 atom stereocenters. The van der Waals surface area contributed by atoms with Gasteiger partial charge in [0.1, 0.15) is 23.4 Å². The van der Waals surface area contributed by atoms with Crippen molar-refractivity contribution in [1.82, 2.24) is 0 Å². The van der Waals surface area contributed by atoms with Crippen LogP contribution in [0.2, 0.25) is 0 Å². The molecule has 0 bridgehead atoms. The molecular weight excluding hydrogens is 276 g/mol. The first kappa shape index (κ1) is 15.2. The fourth-order valence-corrected chi connectivity index (χ4v) is 2.59. The molecule has 0 aliphatic heterocycles. The Labute approximate surface area is 121 Å². The topological polar surface area (TPSA) is 101 Å². The summed E-state index contributed by atoms with van der Waals surface area (Å²) >= 11 is 0. The van der Waals surface area contributed by atoms with E-state index in [0.717, 1.165) is 0 Å². The van der Waals surface area contributed by atoms with Gasteiger partial charge in [0.15, 0.2) is 11.6 Å². The molecule has 0 saturated carbocycles. The number of ketones is 3. The number of aromatic hydroxyl groups is 2. The Hall–Kier alpha value is -2.21. The SMILES string of the molecule is COC1CC(=O)c2c(O)c(C)c(CC(C)=O)c(O)c2C1=O. The number of methoxy groups -OCH3 is 1. The summed E-state index contributed by atoms with van der Waals surface area (Å²) in [4.78, 5) is 35.7. The van der Waals surface area contributed by atoms with Crippen molar-refractivity contribution in [3.8, 4) is 11.5 Å². The molecule has 112 valence electrons. The minimum atomic E-state index is -0.983. The molecule has 0 saturated heterocycles. The second-order valence-corrected chi connectivity index (χ2v) is 5.15. The molecule has 6 nitrogen and oxygen atoms in total. The molecule has 0 amide bonds. The molecule has 1 aliphatic rings. The molecule has 0 fully saturated rings. The lowest BCUT2D eigenvalue weighted by Crippen LogP contribution is -2.33. The Balaban J connectivity index is 2.77. The van der Waals surface area contributed by atoms with Crippen molar-refractivity contribution in [3.05, 3.63) is 22.3 Å². The van der Waals surface area contributed by atoms with Gasteiger partial charge in [0, 0.05) is 25.5 Å². The molecule has 0 aromatic heterocycles. The van der Waals surface area contributed by atoms with Gasteiger partial charge in [-0.2, -0.15) is 0 Å². The molecule has 6 heteroatoms. The van der Waals surface area contributed by atoms with Crippen LogP contribution < -0.4 is 0 Å². The monoisotopic (exact) mass is 292 g/mol. The zero-order valence-corrected chi connectivity index (χ0v) is 12.0. The van der Waals surface area contributed by atoms with Crippen molar-refractivity contribution in [2.75, 3.05) is 7.11 Å². The summed E-state index contributed by atoms with van der Waals surface area (Å²) in [6.07, 6.45) is -1.29. The number of hydrogen-bond acceptors (Lipinski definition) is 6. The highest BCUT2D eigenvalue weighted by Gasteiger charge is 2.39. The van der Waals surface area contributed by atoms with E-state index in [1.807, 2.05) is 0 Å². The molecular formula is C15H16O6. The van der Waals surface area contributed by atoms with Gasteiger partial charge in [0.05, 0.1) is 11.1 Å². The quantitative estimate of drug-likeness (QED) is 0.815. The van der Waals surface area contributed by atoms with Gasteiger partial charge in [-0.3, -0.25) is 14.4 Å². The number of Topliss-reactive ketones (excluding diaryl/α,β-unsaturated/α-hetero) is 3. The normalized spacial score (nSPS) is 17.8. The summed E-state index contributed by atoms with van der Waals surface area (Å²) in [6.45, 7) is 2.83. The van der Waals surface area contributed by atoms with Crippen LogP contribution in [0, 0.1) is 6.92 Å². The van der Waals surface area contributed by atoms with Crippen LogP contribution in [-0.2, 0) is 16.0 Å². The predicted molar refractivity (Wildman–Crippen MR) is 73.0 cm³/mol. The van der Waals surface area contributed by atoms with Gasteiger partial charge in [-0.1, -0.05) is 0 Å². The molecule has 0 heterocycles. The van der Waals surface area contributed by atoms with Gasteiger partial charge >= 0.3 is 0 Å². The second-order valence-electron chi connectivity index (χ2n) is 5.15. The Morgan fingerprint density at radius 1 is 1.24 bits per heavy atom. The van der Waals surface area contributed by atoms with Crippen LogP contribution in [0.15, 0.2) is 0 Å². The molecule has 1 aromatic rings. The van der Waals surface area contributed by atoms with Crippen molar-refractivity contribution in [1.29, 1.82) is 0 Å². The van der Waals surface area contributed by atoms with Crippen molar-refractivity contribution >= 4 is 17.3 Å². The summed E-state index contributed by atoms with van der Waals surface area (Å²) in [7, 11) is 1.29. The van der Waals surface area contributed by atoms with Crippen LogP contribution in [0.3, 0.4) is 0 Å². The number of phenols is 2. The lowest BCUT2D eigenvalue weighted by atomic mass is 9.82. The predicted octanol–water partition coefficient (Wildman–Crippen LogP) is 1.32. The van der Waals surface area contributed by atoms with Crippen molar-refractivity contribution in [3.63, 3.8) is 0 Å². The summed E-state index contributed by atoms with van der Waals surface area (Å²) in [5, 5.41) is 20.5. The molecule has 1 unspecified atom stereocenters. The van der Waals surface area contributed by atoms with Gasteiger partial charge in [-0.05, 0) is 19.4 Å². The number of benzene rings is 1. The Bertz CT molecular complexity index is 659. The number of ether oxygens (including phenoxy) is 1. The standard InChI is InChI=1S/C15H16O6/c1-6(16)4-8-7(2)13(18)11-9(17)5-10(21-3)15(20)12(11)14(8)19/h10,18-19H,4-5H2,1-3H3. The largest absolute Gasteiger partial charge is 0.507 e. The van der Waals surface area contributed by atoms with Crippen LogP contribution in [0.5, 0.6) is 11.5 Å². The third kappa shape index (κ3) is 2.31. The van der Waals surface area contributed by atoms with E-state index >= 15 is 0 Å². The van der Waals surface area contributed by atoms with E-state index in [1.165, 1.54) is 21.0 Å². The number of carbonyl (C=O) groups is 3. The summed E-state index contributed by atoms with van der Waals surface area (Å²) in [5.74, 6) is -2.04. The van der Waals surface area contributed by atoms with E-state index < -0.39 is 23.4 Å². The highest BCUT2D eigenvalue weighted by atomic mass is 16.5. The lowest BCUT2D eigenvalue weighted by Gasteiger charge is -2.25. The number of rotatable bonds is 3. The van der Waals surface area contributed by atoms with Crippen molar-refractivity contribution in [2.24, 2.45) is 0 Å². The van der Waals surface area contributed by atoms with Crippen molar-refractivity contribution < 1.29 is 29.3 Å². The van der Waals surface area contributed by atoms with E-state index in [4.69, 9.17) is 4.74 Å². The van der Waals surface area contributed by atoms with Crippen LogP contribution in [0.25, 0.3) is 0 Å². The number of fused-ring (bicyclic) bond motifs is 1. The Morgan fingerprint density at radius 3 is 2.38 bits per heavy atom. The maximum Gasteiger partial charge on any atom is 0.196 e. The molecule has 1 aromatic carbocycles. The Morgan fingerprint density at radius 2 is 1.86 bits per heavy atom. The average molecular weight is 292 g/mol. The summed E-state index contributed by atoms with van der Waals surface area (Å²) < 4.78 is 4.95. The highest BCUT2D eigenvalue weighted by Crippen LogP contribution is 2.41. The minimum Gasteiger partial charge on any atom is -0.507 e.